The number of nitrogens with one attached hydrogen (secondary N) is 2. The van der Waals surface area contributed by atoms with Crippen molar-refractivity contribution >= 4 is 47.0 Å². The molecule has 3 amide bonds. The van der Waals surface area contributed by atoms with E-state index >= 15 is 0 Å². The number of alkyl carbamates (subject to hydrolysis) is 1. The van der Waals surface area contributed by atoms with Gasteiger partial charge in [-0.25, -0.2) is 4.79 Å². The second-order valence-electron chi connectivity index (χ2n) is 10.4. The van der Waals surface area contributed by atoms with Crippen LogP contribution in [0.3, 0.4) is 0 Å². The zero-order valence-corrected chi connectivity index (χ0v) is 25.5. The molecule has 2 aromatic carbocycles. The largest absolute Gasteiger partial charge is 0.444 e. The Labute approximate surface area is 241 Å². The molecule has 0 aliphatic heterocycles. The van der Waals surface area contributed by atoms with Gasteiger partial charge in [0.15, 0.2) is 0 Å². The Hall–Kier alpha value is -2.97. The van der Waals surface area contributed by atoms with Crippen molar-refractivity contribution in [3.63, 3.8) is 0 Å². The van der Waals surface area contributed by atoms with Crippen molar-refractivity contribution < 1.29 is 19.1 Å². The molecule has 0 saturated heterocycles. The first-order valence-corrected chi connectivity index (χ1v) is 14.6. The highest BCUT2D eigenvalue weighted by Crippen LogP contribution is 2.31. The molecule has 212 valence electrons. The molecule has 0 heterocycles. The molecule has 0 aromatic heterocycles. The minimum Gasteiger partial charge on any atom is -0.444 e. The molecule has 0 aliphatic rings. The van der Waals surface area contributed by atoms with Gasteiger partial charge in [-0.3, -0.25) is 9.59 Å². The summed E-state index contributed by atoms with van der Waals surface area (Å²) in [6.07, 6.45) is 3.16. The van der Waals surface area contributed by atoms with E-state index in [9.17, 15) is 14.4 Å². The van der Waals surface area contributed by atoms with Crippen LogP contribution in [-0.2, 0) is 14.3 Å². The SMILES string of the molecule is C=CCN(C(=O)C(CCSC)NC(=O)OC(C)(C)C)C(C(=O)Nc1c(C)cccc1Cl)c1ccc(C)cc1C. The predicted octanol–water partition coefficient (Wildman–Crippen LogP) is 6.61. The highest BCUT2D eigenvalue weighted by Gasteiger charge is 2.36. The Morgan fingerprint density at radius 1 is 1.13 bits per heavy atom. The van der Waals surface area contributed by atoms with Crippen molar-refractivity contribution in [3.8, 4) is 0 Å². The number of rotatable bonds is 11. The summed E-state index contributed by atoms with van der Waals surface area (Å²) in [7, 11) is 0. The van der Waals surface area contributed by atoms with Crippen LogP contribution in [0, 0.1) is 20.8 Å². The fourth-order valence-corrected chi connectivity index (χ4v) is 4.91. The van der Waals surface area contributed by atoms with E-state index in [1.54, 1.807) is 50.7 Å². The van der Waals surface area contributed by atoms with Gasteiger partial charge in [-0.2, -0.15) is 11.8 Å². The van der Waals surface area contributed by atoms with E-state index in [0.29, 0.717) is 28.4 Å². The average molecular weight is 574 g/mol. The average Bonchev–Trinajstić information content (AvgIpc) is 2.83. The number of aryl methyl sites for hydroxylation is 3. The van der Waals surface area contributed by atoms with Crippen LogP contribution >= 0.6 is 23.4 Å². The molecule has 0 spiro atoms. The molecule has 2 atom stereocenters. The predicted molar refractivity (Wildman–Crippen MR) is 162 cm³/mol. The number of nitrogens with zero attached hydrogens (tertiary/aromatic N) is 1. The molecule has 2 aromatic rings. The van der Waals surface area contributed by atoms with Crippen molar-refractivity contribution in [3.05, 3.63) is 76.3 Å². The van der Waals surface area contributed by atoms with E-state index in [1.807, 2.05) is 51.3 Å². The lowest BCUT2D eigenvalue weighted by atomic mass is 9.96. The summed E-state index contributed by atoms with van der Waals surface area (Å²) < 4.78 is 5.43. The maximum absolute atomic E-state index is 14.1. The molecule has 0 saturated carbocycles. The van der Waals surface area contributed by atoms with Crippen LogP contribution in [0.15, 0.2) is 49.1 Å². The first-order valence-electron chi connectivity index (χ1n) is 12.8. The summed E-state index contributed by atoms with van der Waals surface area (Å²) in [6, 6.07) is 9.17. The first kappa shape index (κ1) is 32.2. The Morgan fingerprint density at radius 2 is 1.82 bits per heavy atom. The Balaban J connectivity index is 2.58. The van der Waals surface area contributed by atoms with Gasteiger partial charge in [0.05, 0.1) is 10.7 Å². The fraction of sp³-hybridized carbons (Fsp3) is 0.433. The summed E-state index contributed by atoms with van der Waals surface area (Å²) in [6.45, 7) is 14.9. The zero-order chi connectivity index (χ0) is 29.3. The zero-order valence-electron chi connectivity index (χ0n) is 23.9. The molecule has 0 bridgehead atoms. The lowest BCUT2D eigenvalue weighted by Crippen LogP contribution is -2.52. The fourth-order valence-electron chi connectivity index (χ4n) is 4.17. The molecular weight excluding hydrogens is 534 g/mol. The van der Waals surface area contributed by atoms with Crippen LogP contribution in [-0.4, -0.2) is 53.0 Å². The Kier molecular flexibility index (Phi) is 11.9. The van der Waals surface area contributed by atoms with Crippen LogP contribution in [0.1, 0.15) is 55.5 Å². The lowest BCUT2D eigenvalue weighted by Gasteiger charge is -2.34. The van der Waals surface area contributed by atoms with E-state index in [4.69, 9.17) is 16.3 Å². The smallest absolute Gasteiger partial charge is 0.408 e. The highest BCUT2D eigenvalue weighted by atomic mass is 35.5. The van der Waals surface area contributed by atoms with Crippen molar-refractivity contribution in [2.75, 3.05) is 23.9 Å². The number of ether oxygens (including phenoxy) is 1. The monoisotopic (exact) mass is 573 g/mol. The Bertz CT molecular complexity index is 1170. The van der Waals surface area contributed by atoms with Crippen LogP contribution in [0.4, 0.5) is 10.5 Å². The summed E-state index contributed by atoms with van der Waals surface area (Å²) >= 11 is 7.98. The van der Waals surface area contributed by atoms with E-state index in [2.05, 4.69) is 17.2 Å². The molecule has 7 nitrogen and oxygen atoms in total. The van der Waals surface area contributed by atoms with Crippen LogP contribution in [0.25, 0.3) is 0 Å². The third kappa shape index (κ3) is 9.32. The van der Waals surface area contributed by atoms with Gasteiger partial charge in [0.2, 0.25) is 5.91 Å². The Morgan fingerprint density at radius 3 is 2.38 bits per heavy atom. The molecule has 2 N–H and O–H groups in total. The molecule has 39 heavy (non-hydrogen) atoms. The lowest BCUT2D eigenvalue weighted by molar-refractivity contribution is -0.140. The van der Waals surface area contributed by atoms with Gasteiger partial charge in [-0.1, -0.05) is 53.6 Å². The van der Waals surface area contributed by atoms with Crippen molar-refractivity contribution in [2.24, 2.45) is 0 Å². The minimum atomic E-state index is -1.01. The summed E-state index contributed by atoms with van der Waals surface area (Å²) in [5.74, 6) is -0.215. The quantitative estimate of drug-likeness (QED) is 0.295. The van der Waals surface area contributed by atoms with E-state index in [0.717, 1.165) is 16.7 Å². The van der Waals surface area contributed by atoms with Crippen molar-refractivity contribution in [2.45, 2.75) is 65.6 Å². The molecule has 0 radical (unpaired) electrons. The van der Waals surface area contributed by atoms with E-state index in [1.165, 1.54) is 4.90 Å². The number of amides is 3. The number of carbonyl (C=O) groups excluding carboxylic acids is 3. The number of carbonyl (C=O) groups is 3. The molecular formula is C30H40ClN3O4S. The molecule has 0 aliphatic carbocycles. The normalized spacial score (nSPS) is 12.7. The summed E-state index contributed by atoms with van der Waals surface area (Å²) in [5, 5.41) is 6.08. The number of para-hydroxylation sites is 1. The van der Waals surface area contributed by atoms with Gasteiger partial charge in [0.25, 0.3) is 5.91 Å². The minimum absolute atomic E-state index is 0.0809. The van der Waals surface area contributed by atoms with Gasteiger partial charge in [-0.05, 0) is 82.7 Å². The second kappa shape index (κ2) is 14.4. The van der Waals surface area contributed by atoms with Crippen molar-refractivity contribution in [1.29, 1.82) is 0 Å². The molecule has 9 heteroatoms. The molecule has 2 rings (SSSR count). The first-order chi connectivity index (χ1) is 18.3. The summed E-state index contributed by atoms with van der Waals surface area (Å²) in [4.78, 5) is 42.3. The molecule has 2 unspecified atom stereocenters. The van der Waals surface area contributed by atoms with Gasteiger partial charge in [0.1, 0.15) is 17.7 Å². The van der Waals surface area contributed by atoms with Crippen LogP contribution in [0.2, 0.25) is 5.02 Å². The third-order valence-electron chi connectivity index (χ3n) is 5.96. The maximum Gasteiger partial charge on any atom is 0.408 e. The van der Waals surface area contributed by atoms with Crippen molar-refractivity contribution in [1.82, 2.24) is 10.2 Å². The van der Waals surface area contributed by atoms with Gasteiger partial charge < -0.3 is 20.3 Å². The molecule has 0 fully saturated rings. The number of thioether (sulfide) groups is 1. The van der Waals surface area contributed by atoms with Gasteiger partial charge in [-0.15, -0.1) is 6.58 Å². The van der Waals surface area contributed by atoms with E-state index in [-0.39, 0.29) is 6.54 Å². The topological polar surface area (TPSA) is 87.7 Å². The number of benzene rings is 2. The maximum atomic E-state index is 14.1. The number of halogens is 1. The second-order valence-corrected chi connectivity index (χ2v) is 11.8. The standard InChI is InChI=1S/C30H40ClN3O4S/c1-9-16-34(28(36)24(15-17-39-8)32-29(37)38-30(5,6)7)26(22-14-13-19(2)18-21(22)4)27(35)33-25-20(3)11-10-12-23(25)31/h9-14,18,24,26H,1,15-17H2,2-8H3,(H,32,37)(H,33,35). The van der Waals surface area contributed by atoms with Crippen LogP contribution in [0.5, 0.6) is 0 Å². The third-order valence-corrected chi connectivity index (χ3v) is 6.92. The van der Waals surface area contributed by atoms with E-state index < -0.39 is 35.6 Å². The number of hydrogen-bond acceptors (Lipinski definition) is 5. The number of anilines is 1. The van der Waals surface area contributed by atoms with Gasteiger partial charge >= 0.3 is 6.09 Å². The van der Waals surface area contributed by atoms with Gasteiger partial charge in [0, 0.05) is 6.54 Å². The highest BCUT2D eigenvalue weighted by molar-refractivity contribution is 7.98. The number of hydrogen-bond donors (Lipinski definition) is 2. The van der Waals surface area contributed by atoms with Crippen LogP contribution < -0.4 is 10.6 Å². The summed E-state index contributed by atoms with van der Waals surface area (Å²) in [5.41, 5.74) is 3.10.